The number of aryl methyl sites for hydroxylation is 1. The first-order valence-electron chi connectivity index (χ1n) is 7.37. The monoisotopic (exact) mass is 302 g/mol. The van der Waals surface area contributed by atoms with Crippen LogP contribution in [0.2, 0.25) is 0 Å². The maximum Gasteiger partial charge on any atom is 0.315 e. The molecule has 0 aliphatic carbocycles. The van der Waals surface area contributed by atoms with Gasteiger partial charge < -0.3 is 19.8 Å². The highest BCUT2D eigenvalue weighted by atomic mass is 16.5. The topological polar surface area (TPSA) is 63.5 Å². The van der Waals surface area contributed by atoms with Gasteiger partial charge in [-0.05, 0) is 43.2 Å². The molecule has 0 bridgehead atoms. The highest BCUT2D eigenvalue weighted by molar-refractivity contribution is 5.74. The van der Waals surface area contributed by atoms with Crippen LogP contribution in [0.3, 0.4) is 0 Å². The maximum absolute atomic E-state index is 11.8. The number of benzene rings is 1. The minimum Gasteiger partial charge on any atom is -0.497 e. The van der Waals surface area contributed by atoms with Crippen molar-refractivity contribution in [2.24, 2.45) is 0 Å². The smallest absolute Gasteiger partial charge is 0.315 e. The molecule has 2 N–H and O–H groups in total. The fourth-order valence-corrected chi connectivity index (χ4v) is 2.09. The molecule has 5 heteroatoms. The summed E-state index contributed by atoms with van der Waals surface area (Å²) in [5.74, 6) is 1.74. The molecule has 0 spiro atoms. The molecule has 0 unspecified atom stereocenters. The van der Waals surface area contributed by atoms with E-state index in [0.29, 0.717) is 6.54 Å². The number of amides is 2. The number of carbonyl (C=O) groups is 1. The fraction of sp³-hybridized carbons (Fsp3) is 0.353. The Balaban J connectivity index is 1.68. The van der Waals surface area contributed by atoms with Crippen LogP contribution >= 0.6 is 0 Å². The lowest BCUT2D eigenvalue weighted by Crippen LogP contribution is -2.40. The van der Waals surface area contributed by atoms with E-state index in [1.165, 1.54) is 0 Å². The molecule has 118 valence electrons. The average Bonchev–Trinajstić information content (AvgIpc) is 3.05. The Kier molecular flexibility index (Phi) is 5.89. The highest BCUT2D eigenvalue weighted by Gasteiger charge is 2.08. The summed E-state index contributed by atoms with van der Waals surface area (Å²) in [4.78, 5) is 11.8. The van der Waals surface area contributed by atoms with Crippen molar-refractivity contribution in [3.8, 4) is 5.75 Å². The molecule has 2 aromatic rings. The van der Waals surface area contributed by atoms with Crippen molar-refractivity contribution in [3.05, 3.63) is 54.0 Å². The molecular weight excluding hydrogens is 280 g/mol. The zero-order valence-corrected chi connectivity index (χ0v) is 13.0. The first-order chi connectivity index (χ1) is 10.7. The van der Waals surface area contributed by atoms with Gasteiger partial charge in [-0.15, -0.1) is 0 Å². The SMILES string of the molecule is COc1ccc(CNC(=O)N[C@@H](C)CCc2ccco2)cc1. The summed E-state index contributed by atoms with van der Waals surface area (Å²) in [6, 6.07) is 11.3. The standard InChI is InChI=1S/C17H22N2O3/c1-13(5-8-16-4-3-11-22-16)19-17(20)18-12-14-6-9-15(21-2)10-7-14/h3-4,6-7,9-11,13H,5,8,12H2,1-2H3,(H2,18,19,20)/t13-/m0/s1. The number of carbonyl (C=O) groups excluding carboxylic acids is 1. The normalized spacial score (nSPS) is 11.7. The van der Waals surface area contributed by atoms with E-state index in [1.54, 1.807) is 13.4 Å². The van der Waals surface area contributed by atoms with Gasteiger partial charge in [0.15, 0.2) is 0 Å². The molecule has 1 aromatic carbocycles. The summed E-state index contributed by atoms with van der Waals surface area (Å²) in [7, 11) is 1.63. The van der Waals surface area contributed by atoms with Gasteiger partial charge in [-0.1, -0.05) is 12.1 Å². The second-order valence-corrected chi connectivity index (χ2v) is 5.19. The van der Waals surface area contributed by atoms with Crippen LogP contribution in [-0.2, 0) is 13.0 Å². The Hall–Kier alpha value is -2.43. The van der Waals surface area contributed by atoms with Gasteiger partial charge in [-0.2, -0.15) is 0 Å². The molecule has 0 fully saturated rings. The molecule has 0 aliphatic heterocycles. The third kappa shape index (κ3) is 5.16. The Labute approximate surface area is 130 Å². The number of nitrogens with one attached hydrogen (secondary N) is 2. The van der Waals surface area contributed by atoms with Crippen LogP contribution in [0.15, 0.2) is 47.1 Å². The summed E-state index contributed by atoms with van der Waals surface area (Å²) >= 11 is 0. The molecule has 22 heavy (non-hydrogen) atoms. The number of ether oxygens (including phenoxy) is 1. The molecule has 0 saturated heterocycles. The van der Waals surface area contributed by atoms with Crippen molar-refractivity contribution in [3.63, 3.8) is 0 Å². The van der Waals surface area contributed by atoms with E-state index >= 15 is 0 Å². The summed E-state index contributed by atoms with van der Waals surface area (Å²) in [5.41, 5.74) is 1.03. The van der Waals surface area contributed by atoms with Crippen molar-refractivity contribution >= 4 is 6.03 Å². The first-order valence-corrected chi connectivity index (χ1v) is 7.37. The van der Waals surface area contributed by atoms with Crippen LogP contribution in [0.25, 0.3) is 0 Å². The summed E-state index contributed by atoms with van der Waals surface area (Å²) < 4.78 is 10.4. The van der Waals surface area contributed by atoms with Gasteiger partial charge in [-0.3, -0.25) is 0 Å². The molecule has 1 heterocycles. The molecule has 2 amide bonds. The predicted octanol–water partition coefficient (Wildman–Crippen LogP) is 3.11. The van der Waals surface area contributed by atoms with Crippen molar-refractivity contribution in [1.82, 2.24) is 10.6 Å². The molecule has 0 saturated carbocycles. The molecular formula is C17H22N2O3. The largest absolute Gasteiger partial charge is 0.497 e. The van der Waals surface area contributed by atoms with E-state index in [9.17, 15) is 4.79 Å². The quantitative estimate of drug-likeness (QED) is 0.826. The number of rotatable bonds is 7. The number of urea groups is 1. The number of hydrogen-bond acceptors (Lipinski definition) is 3. The van der Waals surface area contributed by atoms with Crippen LogP contribution < -0.4 is 15.4 Å². The van der Waals surface area contributed by atoms with Crippen LogP contribution in [0, 0.1) is 0 Å². The van der Waals surface area contributed by atoms with Crippen LogP contribution in [0.5, 0.6) is 5.75 Å². The molecule has 0 radical (unpaired) electrons. The van der Waals surface area contributed by atoms with Crippen LogP contribution in [-0.4, -0.2) is 19.2 Å². The van der Waals surface area contributed by atoms with Gasteiger partial charge >= 0.3 is 6.03 Å². The van der Waals surface area contributed by atoms with Gasteiger partial charge in [0.1, 0.15) is 11.5 Å². The summed E-state index contributed by atoms with van der Waals surface area (Å²) in [6.45, 7) is 2.47. The Morgan fingerprint density at radius 1 is 1.27 bits per heavy atom. The van der Waals surface area contributed by atoms with Gasteiger partial charge in [-0.25, -0.2) is 4.79 Å². The van der Waals surface area contributed by atoms with Gasteiger partial charge in [0.2, 0.25) is 0 Å². The van der Waals surface area contributed by atoms with E-state index in [0.717, 1.165) is 29.9 Å². The molecule has 1 atom stereocenters. The second kappa shape index (κ2) is 8.12. The van der Waals surface area contributed by atoms with Crippen molar-refractivity contribution in [1.29, 1.82) is 0 Å². The molecule has 1 aromatic heterocycles. The van der Waals surface area contributed by atoms with Gasteiger partial charge in [0.05, 0.1) is 13.4 Å². The summed E-state index contributed by atoms with van der Waals surface area (Å²) in [5, 5.41) is 5.76. The third-order valence-electron chi connectivity index (χ3n) is 3.39. The van der Waals surface area contributed by atoms with E-state index in [2.05, 4.69) is 10.6 Å². The van der Waals surface area contributed by atoms with E-state index in [1.807, 2.05) is 43.3 Å². The maximum atomic E-state index is 11.8. The first kappa shape index (κ1) is 15.9. The Morgan fingerprint density at radius 3 is 2.68 bits per heavy atom. The van der Waals surface area contributed by atoms with E-state index in [4.69, 9.17) is 9.15 Å². The predicted molar refractivity (Wildman–Crippen MR) is 84.9 cm³/mol. The summed E-state index contributed by atoms with van der Waals surface area (Å²) in [6.07, 6.45) is 3.31. The number of hydrogen-bond donors (Lipinski definition) is 2. The van der Waals surface area contributed by atoms with Gasteiger partial charge in [0.25, 0.3) is 0 Å². The minimum atomic E-state index is -0.164. The average molecular weight is 302 g/mol. The number of furan rings is 1. The highest BCUT2D eigenvalue weighted by Crippen LogP contribution is 2.11. The zero-order chi connectivity index (χ0) is 15.8. The zero-order valence-electron chi connectivity index (χ0n) is 13.0. The lowest BCUT2D eigenvalue weighted by Gasteiger charge is -2.14. The van der Waals surface area contributed by atoms with Crippen LogP contribution in [0.1, 0.15) is 24.7 Å². The third-order valence-corrected chi connectivity index (χ3v) is 3.39. The van der Waals surface area contributed by atoms with Crippen LogP contribution in [0.4, 0.5) is 4.79 Å². The number of methoxy groups -OCH3 is 1. The van der Waals surface area contributed by atoms with E-state index < -0.39 is 0 Å². The molecule has 0 aliphatic rings. The van der Waals surface area contributed by atoms with E-state index in [-0.39, 0.29) is 12.1 Å². The lowest BCUT2D eigenvalue weighted by molar-refractivity contribution is 0.236. The van der Waals surface area contributed by atoms with Crippen molar-refractivity contribution in [2.75, 3.05) is 7.11 Å². The molecule has 2 rings (SSSR count). The Morgan fingerprint density at radius 2 is 2.05 bits per heavy atom. The molecule has 5 nitrogen and oxygen atoms in total. The van der Waals surface area contributed by atoms with Crippen molar-refractivity contribution < 1.29 is 13.9 Å². The Bertz CT molecular complexity index is 564. The van der Waals surface area contributed by atoms with Crippen molar-refractivity contribution in [2.45, 2.75) is 32.4 Å². The lowest BCUT2D eigenvalue weighted by atomic mass is 10.1. The fourth-order valence-electron chi connectivity index (χ4n) is 2.09. The minimum absolute atomic E-state index is 0.0842. The van der Waals surface area contributed by atoms with Gasteiger partial charge in [0, 0.05) is 19.0 Å². The second-order valence-electron chi connectivity index (χ2n) is 5.19.